The first-order chi connectivity index (χ1) is 13.4. The van der Waals surface area contributed by atoms with Crippen molar-refractivity contribution in [2.75, 3.05) is 5.32 Å². The van der Waals surface area contributed by atoms with Crippen LogP contribution < -0.4 is 5.32 Å². The first-order valence-electron chi connectivity index (χ1n) is 9.16. The summed E-state index contributed by atoms with van der Waals surface area (Å²) < 4.78 is 13.9. The molecule has 3 aromatic rings. The fourth-order valence-corrected chi connectivity index (χ4v) is 2.86. The van der Waals surface area contributed by atoms with Gasteiger partial charge in [-0.2, -0.15) is 0 Å². The van der Waals surface area contributed by atoms with Gasteiger partial charge in [-0.25, -0.2) is 14.4 Å². The third kappa shape index (κ3) is 4.71. The SMILES string of the molecule is Cc1nc(Nc2ccccc2F)cc(C(=O)N(Cc2ccccc2)C(C)C)n1. The number of carbonyl (C=O) groups is 1. The number of aromatic nitrogens is 2. The van der Waals surface area contributed by atoms with E-state index in [-0.39, 0.29) is 23.5 Å². The zero-order chi connectivity index (χ0) is 20.1. The first kappa shape index (κ1) is 19.5. The molecule has 0 aliphatic rings. The number of aryl methyl sites for hydroxylation is 1. The molecule has 2 aromatic carbocycles. The molecule has 3 rings (SSSR count). The lowest BCUT2D eigenvalue weighted by atomic mass is 10.1. The van der Waals surface area contributed by atoms with E-state index in [2.05, 4.69) is 15.3 Å². The fraction of sp³-hybridized carbons (Fsp3) is 0.227. The third-order valence-corrected chi connectivity index (χ3v) is 4.27. The van der Waals surface area contributed by atoms with Crippen molar-refractivity contribution < 1.29 is 9.18 Å². The van der Waals surface area contributed by atoms with Gasteiger partial charge in [0.25, 0.3) is 5.91 Å². The number of rotatable bonds is 6. The van der Waals surface area contributed by atoms with Gasteiger partial charge in [-0.1, -0.05) is 42.5 Å². The Labute approximate surface area is 164 Å². The van der Waals surface area contributed by atoms with Crippen LogP contribution in [0.2, 0.25) is 0 Å². The summed E-state index contributed by atoms with van der Waals surface area (Å²) in [4.78, 5) is 23.5. The minimum atomic E-state index is -0.389. The van der Waals surface area contributed by atoms with Gasteiger partial charge in [0.2, 0.25) is 0 Å². The molecule has 144 valence electrons. The van der Waals surface area contributed by atoms with Gasteiger partial charge in [-0.05, 0) is 38.5 Å². The van der Waals surface area contributed by atoms with Gasteiger partial charge in [-0.15, -0.1) is 0 Å². The summed E-state index contributed by atoms with van der Waals surface area (Å²) in [5.74, 6) is 0.234. The molecule has 0 bridgehead atoms. The highest BCUT2D eigenvalue weighted by Gasteiger charge is 2.21. The van der Waals surface area contributed by atoms with Gasteiger partial charge >= 0.3 is 0 Å². The van der Waals surface area contributed by atoms with E-state index in [1.165, 1.54) is 6.07 Å². The number of carbonyl (C=O) groups excluding carboxylic acids is 1. The second kappa shape index (κ2) is 8.61. The Hall–Kier alpha value is -3.28. The van der Waals surface area contributed by atoms with Crippen LogP contribution in [0.1, 0.15) is 35.7 Å². The van der Waals surface area contributed by atoms with Gasteiger partial charge < -0.3 is 10.2 Å². The molecule has 0 atom stereocenters. The third-order valence-electron chi connectivity index (χ3n) is 4.27. The summed E-state index contributed by atoms with van der Waals surface area (Å²) in [6, 6.07) is 17.7. The molecule has 0 spiro atoms. The number of hydrogen-bond acceptors (Lipinski definition) is 4. The monoisotopic (exact) mass is 378 g/mol. The molecule has 1 N–H and O–H groups in total. The van der Waals surface area contributed by atoms with Crippen molar-refractivity contribution >= 4 is 17.4 Å². The van der Waals surface area contributed by atoms with Gasteiger partial charge in [-0.3, -0.25) is 4.79 Å². The normalized spacial score (nSPS) is 10.8. The van der Waals surface area contributed by atoms with Gasteiger partial charge in [0, 0.05) is 18.7 Å². The summed E-state index contributed by atoms with van der Waals surface area (Å²) in [5.41, 5.74) is 1.61. The maximum Gasteiger partial charge on any atom is 0.273 e. The molecule has 0 aliphatic carbocycles. The van der Waals surface area contributed by atoms with Crippen molar-refractivity contribution in [1.29, 1.82) is 0 Å². The van der Waals surface area contributed by atoms with E-state index < -0.39 is 0 Å². The Morgan fingerprint density at radius 3 is 2.43 bits per heavy atom. The van der Waals surface area contributed by atoms with Gasteiger partial charge in [0.05, 0.1) is 5.69 Å². The molecule has 0 unspecified atom stereocenters. The summed E-state index contributed by atoms with van der Waals surface area (Å²) in [7, 11) is 0. The van der Waals surface area contributed by atoms with E-state index in [9.17, 15) is 9.18 Å². The van der Waals surface area contributed by atoms with Crippen molar-refractivity contribution in [3.8, 4) is 0 Å². The second-order valence-corrected chi connectivity index (χ2v) is 6.80. The summed E-state index contributed by atoms with van der Waals surface area (Å²) in [6.45, 7) is 6.12. The van der Waals surface area contributed by atoms with Crippen molar-refractivity contribution in [3.63, 3.8) is 0 Å². The minimum absolute atomic E-state index is 0.00838. The number of nitrogens with zero attached hydrogens (tertiary/aromatic N) is 3. The summed E-state index contributed by atoms with van der Waals surface area (Å²) in [5, 5.41) is 2.93. The minimum Gasteiger partial charge on any atom is -0.338 e. The molecule has 6 heteroatoms. The topological polar surface area (TPSA) is 58.1 Å². The van der Waals surface area contributed by atoms with Crippen molar-refractivity contribution in [2.45, 2.75) is 33.4 Å². The van der Waals surface area contributed by atoms with Crippen LogP contribution in [0.5, 0.6) is 0 Å². The van der Waals surface area contributed by atoms with Gasteiger partial charge in [0.1, 0.15) is 23.2 Å². The Kier molecular flexibility index (Phi) is 5.99. The van der Waals surface area contributed by atoms with E-state index >= 15 is 0 Å². The van der Waals surface area contributed by atoms with Crippen molar-refractivity contribution in [2.24, 2.45) is 0 Å². The van der Waals surface area contributed by atoms with Gasteiger partial charge in [0.15, 0.2) is 0 Å². The van der Waals surface area contributed by atoms with E-state index in [4.69, 9.17) is 0 Å². The van der Waals surface area contributed by atoms with Crippen LogP contribution in [0.3, 0.4) is 0 Å². The van der Waals surface area contributed by atoms with Crippen LogP contribution in [-0.4, -0.2) is 26.8 Å². The molecule has 0 saturated heterocycles. The van der Waals surface area contributed by atoms with Crippen LogP contribution in [-0.2, 0) is 6.54 Å². The number of amides is 1. The largest absolute Gasteiger partial charge is 0.338 e. The lowest BCUT2D eigenvalue weighted by molar-refractivity contribution is 0.0684. The second-order valence-electron chi connectivity index (χ2n) is 6.80. The molecular weight excluding hydrogens is 355 g/mol. The summed E-state index contributed by atoms with van der Waals surface area (Å²) in [6.07, 6.45) is 0. The molecule has 1 heterocycles. The molecular formula is C22H23FN4O. The number of anilines is 2. The predicted octanol–water partition coefficient (Wildman–Crippen LogP) is 4.72. The van der Waals surface area contributed by atoms with Crippen LogP contribution in [0, 0.1) is 12.7 Å². The lowest BCUT2D eigenvalue weighted by Gasteiger charge is -2.26. The van der Waals surface area contributed by atoms with E-state index in [1.807, 2.05) is 44.2 Å². The van der Waals surface area contributed by atoms with Crippen molar-refractivity contribution in [3.05, 3.63) is 83.6 Å². The first-order valence-corrected chi connectivity index (χ1v) is 9.16. The molecule has 5 nitrogen and oxygen atoms in total. The zero-order valence-corrected chi connectivity index (χ0v) is 16.2. The lowest BCUT2D eigenvalue weighted by Crippen LogP contribution is -2.37. The Bertz CT molecular complexity index is 960. The van der Waals surface area contributed by atoms with Crippen LogP contribution in [0.4, 0.5) is 15.9 Å². The fourth-order valence-electron chi connectivity index (χ4n) is 2.86. The molecule has 0 radical (unpaired) electrons. The standard InChI is InChI=1S/C22H23FN4O/c1-15(2)27(14-17-9-5-4-6-10-17)22(28)20-13-21(25-16(3)24-20)26-19-12-8-7-11-18(19)23/h4-13,15H,14H2,1-3H3,(H,24,25,26). The molecule has 0 fully saturated rings. The molecule has 1 amide bonds. The smallest absolute Gasteiger partial charge is 0.273 e. The van der Waals surface area contributed by atoms with Crippen LogP contribution >= 0.6 is 0 Å². The highest BCUT2D eigenvalue weighted by atomic mass is 19.1. The number of para-hydroxylation sites is 1. The maximum atomic E-state index is 13.9. The zero-order valence-electron chi connectivity index (χ0n) is 16.2. The quantitative estimate of drug-likeness (QED) is 0.674. The molecule has 0 saturated carbocycles. The number of hydrogen-bond donors (Lipinski definition) is 1. The maximum absolute atomic E-state index is 13.9. The van der Waals surface area contributed by atoms with E-state index in [0.717, 1.165) is 5.56 Å². The number of benzene rings is 2. The van der Waals surface area contributed by atoms with Crippen molar-refractivity contribution in [1.82, 2.24) is 14.9 Å². The van der Waals surface area contributed by atoms with E-state index in [0.29, 0.717) is 23.9 Å². The Morgan fingerprint density at radius 2 is 1.75 bits per heavy atom. The molecule has 28 heavy (non-hydrogen) atoms. The number of nitrogens with one attached hydrogen (secondary N) is 1. The highest BCUT2D eigenvalue weighted by Crippen LogP contribution is 2.20. The highest BCUT2D eigenvalue weighted by molar-refractivity contribution is 5.93. The average Bonchev–Trinajstić information content (AvgIpc) is 2.67. The van der Waals surface area contributed by atoms with Crippen LogP contribution in [0.15, 0.2) is 60.7 Å². The Morgan fingerprint density at radius 1 is 1.07 bits per heavy atom. The van der Waals surface area contributed by atoms with Crippen LogP contribution in [0.25, 0.3) is 0 Å². The number of halogens is 1. The van der Waals surface area contributed by atoms with E-state index in [1.54, 1.807) is 36.1 Å². The predicted molar refractivity (Wildman–Crippen MR) is 108 cm³/mol. The molecule has 0 aliphatic heterocycles. The average molecular weight is 378 g/mol. The summed E-state index contributed by atoms with van der Waals surface area (Å²) >= 11 is 0. The Balaban J connectivity index is 1.87. The molecule has 1 aromatic heterocycles.